The highest BCUT2D eigenvalue weighted by molar-refractivity contribution is 7.98. The summed E-state index contributed by atoms with van der Waals surface area (Å²) in [7, 11) is 0. The van der Waals surface area contributed by atoms with Gasteiger partial charge in [0, 0.05) is 36.0 Å². The lowest BCUT2D eigenvalue weighted by Crippen LogP contribution is -2.48. The zero-order chi connectivity index (χ0) is 18.8. The molecule has 0 radical (unpaired) electrons. The second kappa shape index (κ2) is 8.12. The van der Waals surface area contributed by atoms with Crippen molar-refractivity contribution < 1.29 is 4.79 Å². The SMILES string of the molecule is CSc1ccc2nc(N3CCN(C(=O)c4ccccc4SC)CC3)sc2c1. The van der Waals surface area contributed by atoms with Gasteiger partial charge in [-0.2, -0.15) is 0 Å². The minimum Gasteiger partial charge on any atom is -0.345 e. The van der Waals surface area contributed by atoms with E-state index in [0.29, 0.717) is 0 Å². The van der Waals surface area contributed by atoms with Crippen molar-refractivity contribution in [3.63, 3.8) is 0 Å². The van der Waals surface area contributed by atoms with Gasteiger partial charge in [-0.25, -0.2) is 4.98 Å². The number of hydrogen-bond donors (Lipinski definition) is 0. The molecule has 0 atom stereocenters. The van der Waals surface area contributed by atoms with Gasteiger partial charge < -0.3 is 9.80 Å². The van der Waals surface area contributed by atoms with Crippen LogP contribution in [0.25, 0.3) is 10.2 Å². The van der Waals surface area contributed by atoms with Crippen LogP contribution in [0.15, 0.2) is 52.3 Å². The minimum absolute atomic E-state index is 0.133. The molecule has 3 aromatic rings. The molecular formula is C20H21N3OS3. The highest BCUT2D eigenvalue weighted by atomic mass is 32.2. The first-order valence-corrected chi connectivity index (χ1v) is 12.1. The first-order valence-electron chi connectivity index (χ1n) is 8.81. The number of hydrogen-bond acceptors (Lipinski definition) is 6. The number of carbonyl (C=O) groups excluding carboxylic acids is 1. The van der Waals surface area contributed by atoms with Crippen molar-refractivity contribution in [1.29, 1.82) is 0 Å². The number of carbonyl (C=O) groups is 1. The first kappa shape index (κ1) is 18.7. The maximum atomic E-state index is 12.9. The Bertz CT molecular complexity index is 964. The summed E-state index contributed by atoms with van der Waals surface area (Å²) in [6.07, 6.45) is 4.11. The van der Waals surface area contributed by atoms with Gasteiger partial charge in [-0.05, 0) is 42.8 Å². The van der Waals surface area contributed by atoms with Gasteiger partial charge >= 0.3 is 0 Å². The Kier molecular flexibility index (Phi) is 5.61. The molecule has 27 heavy (non-hydrogen) atoms. The summed E-state index contributed by atoms with van der Waals surface area (Å²) in [6.45, 7) is 3.10. The molecule has 1 amide bonds. The van der Waals surface area contributed by atoms with Gasteiger partial charge in [-0.1, -0.05) is 23.5 Å². The molecule has 0 unspecified atom stereocenters. The van der Waals surface area contributed by atoms with Gasteiger partial charge in [0.05, 0.1) is 15.8 Å². The molecule has 140 valence electrons. The smallest absolute Gasteiger partial charge is 0.255 e. The molecule has 4 rings (SSSR count). The number of thioether (sulfide) groups is 2. The van der Waals surface area contributed by atoms with E-state index in [1.165, 1.54) is 9.60 Å². The molecule has 0 bridgehead atoms. The number of benzene rings is 2. The average Bonchev–Trinajstić information content (AvgIpc) is 3.16. The quantitative estimate of drug-likeness (QED) is 0.577. The predicted octanol–water partition coefficient (Wildman–Crippen LogP) is 4.70. The topological polar surface area (TPSA) is 36.4 Å². The molecule has 1 aromatic heterocycles. The number of rotatable bonds is 4. The zero-order valence-electron chi connectivity index (χ0n) is 15.3. The van der Waals surface area contributed by atoms with Crippen LogP contribution >= 0.6 is 34.9 Å². The molecule has 1 fully saturated rings. The van der Waals surface area contributed by atoms with Gasteiger partial charge in [0.25, 0.3) is 5.91 Å². The van der Waals surface area contributed by atoms with Crippen molar-refractivity contribution in [2.75, 3.05) is 43.6 Å². The molecule has 7 heteroatoms. The maximum absolute atomic E-state index is 12.9. The van der Waals surface area contributed by atoms with E-state index in [0.717, 1.165) is 47.3 Å². The highest BCUT2D eigenvalue weighted by Crippen LogP contribution is 2.32. The Morgan fingerprint density at radius 1 is 1.04 bits per heavy atom. The lowest BCUT2D eigenvalue weighted by Gasteiger charge is -2.34. The van der Waals surface area contributed by atoms with Crippen molar-refractivity contribution in [3.8, 4) is 0 Å². The fourth-order valence-corrected chi connectivity index (χ4v) is 5.41. The van der Waals surface area contributed by atoms with Gasteiger partial charge in [0.1, 0.15) is 0 Å². The number of thiazole rings is 1. The Balaban J connectivity index is 1.46. The van der Waals surface area contributed by atoms with Crippen LogP contribution in [0, 0.1) is 0 Å². The number of nitrogens with zero attached hydrogens (tertiary/aromatic N) is 3. The van der Waals surface area contributed by atoms with Crippen LogP contribution in [-0.4, -0.2) is 54.5 Å². The van der Waals surface area contributed by atoms with Gasteiger partial charge in [0.2, 0.25) is 0 Å². The Labute approximate surface area is 172 Å². The Morgan fingerprint density at radius 2 is 1.81 bits per heavy atom. The molecule has 0 spiro atoms. The van der Waals surface area contributed by atoms with Crippen LogP contribution in [0.2, 0.25) is 0 Å². The van der Waals surface area contributed by atoms with Crippen LogP contribution in [0.4, 0.5) is 5.13 Å². The second-order valence-electron chi connectivity index (χ2n) is 6.31. The van der Waals surface area contributed by atoms with E-state index >= 15 is 0 Å². The maximum Gasteiger partial charge on any atom is 0.255 e. The third-order valence-corrected chi connectivity index (χ3v) is 7.36. The Hall–Kier alpha value is -1.70. The summed E-state index contributed by atoms with van der Waals surface area (Å²) in [5.41, 5.74) is 1.86. The van der Waals surface area contributed by atoms with Gasteiger partial charge in [0.15, 0.2) is 5.13 Å². The third-order valence-electron chi connectivity index (χ3n) is 4.76. The lowest BCUT2D eigenvalue weighted by molar-refractivity contribution is 0.0743. The van der Waals surface area contributed by atoms with Crippen molar-refractivity contribution in [3.05, 3.63) is 48.0 Å². The number of piperazine rings is 1. The third kappa shape index (κ3) is 3.81. The molecule has 4 nitrogen and oxygen atoms in total. The van der Waals surface area contributed by atoms with Crippen molar-refractivity contribution in [2.45, 2.75) is 9.79 Å². The normalized spacial score (nSPS) is 14.7. The van der Waals surface area contributed by atoms with E-state index in [2.05, 4.69) is 29.4 Å². The molecule has 1 saturated heterocycles. The summed E-state index contributed by atoms with van der Waals surface area (Å²) in [5, 5.41) is 1.06. The van der Waals surface area contributed by atoms with E-state index in [4.69, 9.17) is 4.98 Å². The van der Waals surface area contributed by atoms with E-state index in [1.807, 2.05) is 35.4 Å². The van der Waals surface area contributed by atoms with Crippen LogP contribution in [-0.2, 0) is 0 Å². The van der Waals surface area contributed by atoms with E-state index in [9.17, 15) is 4.79 Å². The molecule has 2 aromatic carbocycles. The zero-order valence-corrected chi connectivity index (χ0v) is 17.8. The molecule has 2 heterocycles. The predicted molar refractivity (Wildman–Crippen MR) is 118 cm³/mol. The lowest BCUT2D eigenvalue weighted by atomic mass is 10.2. The minimum atomic E-state index is 0.133. The second-order valence-corrected chi connectivity index (χ2v) is 9.05. The molecule has 0 N–H and O–H groups in total. The number of fused-ring (bicyclic) bond motifs is 1. The standard InChI is InChI=1S/C20H21N3OS3/c1-25-14-7-8-16-18(13-14)27-20(21-16)23-11-9-22(10-12-23)19(24)15-5-3-4-6-17(15)26-2/h3-8,13H,9-12H2,1-2H3. The number of amides is 1. The van der Waals surface area contributed by atoms with Crippen LogP contribution in [0.5, 0.6) is 0 Å². The van der Waals surface area contributed by atoms with Crippen molar-refractivity contribution in [2.24, 2.45) is 0 Å². The fraction of sp³-hybridized carbons (Fsp3) is 0.300. The van der Waals surface area contributed by atoms with E-state index in [-0.39, 0.29) is 5.91 Å². The van der Waals surface area contributed by atoms with Crippen LogP contribution in [0.3, 0.4) is 0 Å². The largest absolute Gasteiger partial charge is 0.345 e. The van der Waals surface area contributed by atoms with Crippen molar-refractivity contribution in [1.82, 2.24) is 9.88 Å². The van der Waals surface area contributed by atoms with E-state index < -0.39 is 0 Å². The fourth-order valence-electron chi connectivity index (χ4n) is 3.25. The van der Waals surface area contributed by atoms with Gasteiger partial charge in [-0.3, -0.25) is 4.79 Å². The van der Waals surface area contributed by atoms with Crippen LogP contribution in [0.1, 0.15) is 10.4 Å². The molecule has 0 aliphatic carbocycles. The number of aromatic nitrogens is 1. The summed E-state index contributed by atoms with van der Waals surface area (Å²) >= 11 is 5.11. The Morgan fingerprint density at radius 3 is 2.56 bits per heavy atom. The highest BCUT2D eigenvalue weighted by Gasteiger charge is 2.25. The molecule has 1 aliphatic heterocycles. The number of anilines is 1. The first-order chi connectivity index (χ1) is 13.2. The van der Waals surface area contributed by atoms with Crippen LogP contribution < -0.4 is 4.90 Å². The molecule has 1 aliphatic rings. The van der Waals surface area contributed by atoms with E-state index in [1.54, 1.807) is 34.9 Å². The van der Waals surface area contributed by atoms with Crippen molar-refractivity contribution >= 4 is 56.1 Å². The summed E-state index contributed by atoms with van der Waals surface area (Å²) in [5.74, 6) is 0.133. The molecule has 0 saturated carbocycles. The molecular weight excluding hydrogens is 394 g/mol. The summed E-state index contributed by atoms with van der Waals surface area (Å²) < 4.78 is 1.23. The van der Waals surface area contributed by atoms with Gasteiger partial charge in [-0.15, -0.1) is 23.5 Å². The monoisotopic (exact) mass is 415 g/mol. The average molecular weight is 416 g/mol. The summed E-state index contributed by atoms with van der Waals surface area (Å²) in [6, 6.07) is 14.3. The summed E-state index contributed by atoms with van der Waals surface area (Å²) in [4.78, 5) is 24.3.